The van der Waals surface area contributed by atoms with Crippen molar-refractivity contribution < 1.29 is 0 Å². The van der Waals surface area contributed by atoms with Gasteiger partial charge in [-0.15, -0.1) is 0 Å². The summed E-state index contributed by atoms with van der Waals surface area (Å²) in [7, 11) is 0. The van der Waals surface area contributed by atoms with E-state index in [1.54, 1.807) is 0 Å². The maximum Gasteiger partial charge on any atom is 0.0523 e. The van der Waals surface area contributed by atoms with Gasteiger partial charge in [0.05, 0.1) is 6.17 Å². The first kappa shape index (κ1) is 9.92. The van der Waals surface area contributed by atoms with Gasteiger partial charge in [0.25, 0.3) is 0 Å². The molecule has 0 saturated heterocycles. The van der Waals surface area contributed by atoms with Gasteiger partial charge in [0.2, 0.25) is 0 Å². The Morgan fingerprint density at radius 2 is 1.90 bits per heavy atom. The summed E-state index contributed by atoms with van der Waals surface area (Å²) < 4.78 is 0. The molecule has 0 saturated carbocycles. The van der Waals surface area contributed by atoms with E-state index in [2.05, 4.69) is 13.8 Å². The van der Waals surface area contributed by atoms with Crippen molar-refractivity contribution in [3.63, 3.8) is 0 Å². The first-order valence-corrected chi connectivity index (χ1v) is 4.18. The van der Waals surface area contributed by atoms with E-state index in [1.807, 2.05) is 0 Å². The van der Waals surface area contributed by atoms with E-state index in [0.29, 0.717) is 5.92 Å². The second kappa shape index (κ2) is 5.69. The van der Waals surface area contributed by atoms with Gasteiger partial charge in [0.15, 0.2) is 0 Å². The standard InChI is InChI=1S/C8H20N2/c1-3-4-5-7(2)6-8(9)10/h7-8H,3-6,9-10H2,1-2H3. The van der Waals surface area contributed by atoms with Crippen molar-refractivity contribution in [1.82, 2.24) is 0 Å². The van der Waals surface area contributed by atoms with Gasteiger partial charge >= 0.3 is 0 Å². The molecule has 0 aromatic rings. The van der Waals surface area contributed by atoms with Crippen LogP contribution < -0.4 is 11.5 Å². The van der Waals surface area contributed by atoms with E-state index < -0.39 is 0 Å². The minimum Gasteiger partial charge on any atom is -0.316 e. The average Bonchev–Trinajstić information content (AvgIpc) is 1.82. The lowest BCUT2D eigenvalue weighted by Gasteiger charge is -2.12. The molecule has 0 spiro atoms. The van der Waals surface area contributed by atoms with Gasteiger partial charge in [-0.05, 0) is 12.3 Å². The lowest BCUT2D eigenvalue weighted by molar-refractivity contribution is 0.429. The number of rotatable bonds is 5. The van der Waals surface area contributed by atoms with E-state index >= 15 is 0 Å². The second-order valence-corrected chi connectivity index (χ2v) is 3.15. The molecule has 2 nitrogen and oxygen atoms in total. The third-order valence-corrected chi connectivity index (χ3v) is 1.73. The molecule has 0 aromatic heterocycles. The smallest absolute Gasteiger partial charge is 0.0523 e. The summed E-state index contributed by atoms with van der Waals surface area (Å²) >= 11 is 0. The van der Waals surface area contributed by atoms with Crippen LogP contribution in [0.4, 0.5) is 0 Å². The van der Waals surface area contributed by atoms with Crippen LogP contribution in [-0.2, 0) is 0 Å². The van der Waals surface area contributed by atoms with Crippen LogP contribution in [0.15, 0.2) is 0 Å². The fraction of sp³-hybridized carbons (Fsp3) is 1.00. The number of unbranched alkanes of at least 4 members (excludes halogenated alkanes) is 1. The third-order valence-electron chi connectivity index (χ3n) is 1.73. The van der Waals surface area contributed by atoms with Gasteiger partial charge in [-0.25, -0.2) is 0 Å². The highest BCUT2D eigenvalue weighted by Gasteiger charge is 2.03. The molecule has 0 rings (SSSR count). The predicted octanol–water partition coefficient (Wildman–Crippen LogP) is 1.45. The highest BCUT2D eigenvalue weighted by atomic mass is 14.8. The zero-order valence-corrected chi connectivity index (χ0v) is 7.14. The molecule has 0 bridgehead atoms. The lowest BCUT2D eigenvalue weighted by atomic mass is 10.00. The minimum absolute atomic E-state index is 0.119. The largest absolute Gasteiger partial charge is 0.316 e. The zero-order chi connectivity index (χ0) is 7.98. The van der Waals surface area contributed by atoms with E-state index in [1.165, 1.54) is 19.3 Å². The normalized spacial score (nSPS) is 14.1. The number of nitrogens with two attached hydrogens (primary N) is 2. The fourth-order valence-electron chi connectivity index (χ4n) is 1.14. The Morgan fingerprint density at radius 3 is 2.30 bits per heavy atom. The summed E-state index contributed by atoms with van der Waals surface area (Å²) in [6.07, 6.45) is 4.67. The highest BCUT2D eigenvalue weighted by molar-refractivity contribution is 4.58. The second-order valence-electron chi connectivity index (χ2n) is 3.15. The molecule has 2 heteroatoms. The molecule has 62 valence electrons. The van der Waals surface area contributed by atoms with Crippen LogP contribution >= 0.6 is 0 Å². The number of hydrogen-bond acceptors (Lipinski definition) is 2. The Morgan fingerprint density at radius 1 is 1.30 bits per heavy atom. The highest BCUT2D eigenvalue weighted by Crippen LogP contribution is 2.11. The molecule has 1 unspecified atom stereocenters. The summed E-state index contributed by atoms with van der Waals surface area (Å²) in [5.41, 5.74) is 10.9. The Balaban J connectivity index is 3.16. The third kappa shape index (κ3) is 6.05. The SMILES string of the molecule is CCCCC(C)CC(N)N. The Hall–Kier alpha value is -0.0800. The van der Waals surface area contributed by atoms with Crippen molar-refractivity contribution in [3.8, 4) is 0 Å². The molecule has 0 amide bonds. The van der Waals surface area contributed by atoms with Gasteiger partial charge < -0.3 is 11.5 Å². The first-order chi connectivity index (χ1) is 4.66. The first-order valence-electron chi connectivity index (χ1n) is 4.18. The molecule has 0 heterocycles. The Bertz CT molecular complexity index is 71.7. The van der Waals surface area contributed by atoms with Crippen molar-refractivity contribution in [2.45, 2.75) is 45.7 Å². The van der Waals surface area contributed by atoms with Crippen LogP contribution in [0.5, 0.6) is 0 Å². The molecule has 0 aliphatic rings. The molecule has 1 atom stereocenters. The van der Waals surface area contributed by atoms with Crippen LogP contribution in [0, 0.1) is 5.92 Å². The van der Waals surface area contributed by atoms with E-state index in [0.717, 1.165) is 6.42 Å². The van der Waals surface area contributed by atoms with Crippen molar-refractivity contribution >= 4 is 0 Å². The average molecular weight is 144 g/mol. The van der Waals surface area contributed by atoms with Gasteiger partial charge in [-0.2, -0.15) is 0 Å². The fourth-order valence-corrected chi connectivity index (χ4v) is 1.14. The zero-order valence-electron chi connectivity index (χ0n) is 7.14. The van der Waals surface area contributed by atoms with E-state index in [-0.39, 0.29) is 6.17 Å². The topological polar surface area (TPSA) is 52.0 Å². The molecule has 0 aliphatic heterocycles. The van der Waals surface area contributed by atoms with Crippen LogP contribution in [0.3, 0.4) is 0 Å². The molecular formula is C8H20N2. The van der Waals surface area contributed by atoms with Gasteiger partial charge in [-0.1, -0.05) is 33.1 Å². The molecule has 0 aromatic carbocycles. The molecule has 0 fully saturated rings. The monoisotopic (exact) mass is 144 g/mol. The van der Waals surface area contributed by atoms with Gasteiger partial charge in [0.1, 0.15) is 0 Å². The summed E-state index contributed by atoms with van der Waals surface area (Å²) in [5, 5.41) is 0. The number of hydrogen-bond donors (Lipinski definition) is 2. The summed E-state index contributed by atoms with van der Waals surface area (Å²) in [4.78, 5) is 0. The Labute approximate surface area is 64.0 Å². The molecular weight excluding hydrogens is 124 g/mol. The molecule has 10 heavy (non-hydrogen) atoms. The minimum atomic E-state index is -0.119. The lowest BCUT2D eigenvalue weighted by Crippen LogP contribution is -2.32. The summed E-state index contributed by atoms with van der Waals surface area (Å²) in [6.45, 7) is 4.41. The van der Waals surface area contributed by atoms with E-state index in [4.69, 9.17) is 11.5 Å². The van der Waals surface area contributed by atoms with Crippen LogP contribution in [0.2, 0.25) is 0 Å². The Kier molecular flexibility index (Phi) is 5.64. The van der Waals surface area contributed by atoms with Crippen molar-refractivity contribution in [1.29, 1.82) is 0 Å². The molecule has 4 N–H and O–H groups in total. The molecule has 0 aliphatic carbocycles. The van der Waals surface area contributed by atoms with Crippen LogP contribution in [0.25, 0.3) is 0 Å². The quantitative estimate of drug-likeness (QED) is 0.574. The summed E-state index contributed by atoms with van der Waals surface area (Å²) in [5.74, 6) is 0.694. The van der Waals surface area contributed by atoms with Gasteiger partial charge in [0, 0.05) is 0 Å². The van der Waals surface area contributed by atoms with Crippen molar-refractivity contribution in [2.24, 2.45) is 17.4 Å². The maximum absolute atomic E-state index is 5.44. The van der Waals surface area contributed by atoms with Crippen molar-refractivity contribution in [3.05, 3.63) is 0 Å². The van der Waals surface area contributed by atoms with Gasteiger partial charge in [-0.3, -0.25) is 0 Å². The predicted molar refractivity (Wildman–Crippen MR) is 45.5 cm³/mol. The van der Waals surface area contributed by atoms with Crippen molar-refractivity contribution in [2.75, 3.05) is 0 Å². The maximum atomic E-state index is 5.44. The van der Waals surface area contributed by atoms with E-state index in [9.17, 15) is 0 Å². The molecule has 0 radical (unpaired) electrons. The van der Waals surface area contributed by atoms with Crippen LogP contribution in [0.1, 0.15) is 39.5 Å². The van der Waals surface area contributed by atoms with Crippen LogP contribution in [-0.4, -0.2) is 6.17 Å². The summed E-state index contributed by atoms with van der Waals surface area (Å²) in [6, 6.07) is 0.